The van der Waals surface area contributed by atoms with Crippen LogP contribution in [0.4, 0.5) is 0 Å². The van der Waals surface area contributed by atoms with Gasteiger partial charge in [-0.25, -0.2) is 0 Å². The van der Waals surface area contributed by atoms with E-state index < -0.39 is 0 Å². The SMILES string of the molecule is Cc1cncc(Cn2ccc3ccc(CCN)cc32)c1. The minimum Gasteiger partial charge on any atom is -0.343 e. The van der Waals surface area contributed by atoms with Crippen LogP contribution in [-0.2, 0) is 13.0 Å². The molecule has 102 valence electrons. The summed E-state index contributed by atoms with van der Waals surface area (Å²) in [5.74, 6) is 0. The van der Waals surface area contributed by atoms with Crippen molar-refractivity contribution in [1.82, 2.24) is 9.55 Å². The van der Waals surface area contributed by atoms with Crippen LogP contribution in [0.3, 0.4) is 0 Å². The van der Waals surface area contributed by atoms with Gasteiger partial charge in [0.05, 0.1) is 0 Å². The van der Waals surface area contributed by atoms with Gasteiger partial charge in [-0.3, -0.25) is 4.98 Å². The minimum atomic E-state index is 0.689. The van der Waals surface area contributed by atoms with E-state index in [1.54, 1.807) is 0 Å². The highest BCUT2D eigenvalue weighted by molar-refractivity contribution is 5.81. The number of hydrogen-bond acceptors (Lipinski definition) is 2. The molecule has 3 rings (SSSR count). The zero-order valence-electron chi connectivity index (χ0n) is 11.7. The van der Waals surface area contributed by atoms with Crippen molar-refractivity contribution in [3.8, 4) is 0 Å². The van der Waals surface area contributed by atoms with E-state index in [0.717, 1.165) is 13.0 Å². The second kappa shape index (κ2) is 5.47. The van der Waals surface area contributed by atoms with E-state index in [4.69, 9.17) is 5.73 Å². The quantitative estimate of drug-likeness (QED) is 0.788. The molecule has 2 aromatic heterocycles. The normalized spacial score (nSPS) is 11.1. The van der Waals surface area contributed by atoms with Gasteiger partial charge in [-0.1, -0.05) is 18.2 Å². The summed E-state index contributed by atoms with van der Waals surface area (Å²) in [5, 5.41) is 1.27. The van der Waals surface area contributed by atoms with Crippen LogP contribution in [0, 0.1) is 6.92 Å². The molecule has 0 saturated heterocycles. The van der Waals surface area contributed by atoms with Gasteiger partial charge in [0.1, 0.15) is 0 Å². The Morgan fingerprint density at radius 3 is 2.80 bits per heavy atom. The molecule has 0 fully saturated rings. The van der Waals surface area contributed by atoms with Gasteiger partial charge in [0, 0.05) is 30.7 Å². The van der Waals surface area contributed by atoms with Gasteiger partial charge >= 0.3 is 0 Å². The van der Waals surface area contributed by atoms with E-state index in [0.29, 0.717) is 6.54 Å². The first kappa shape index (κ1) is 12.9. The van der Waals surface area contributed by atoms with E-state index in [-0.39, 0.29) is 0 Å². The average molecular weight is 265 g/mol. The summed E-state index contributed by atoms with van der Waals surface area (Å²) in [5.41, 5.74) is 10.6. The lowest BCUT2D eigenvalue weighted by Crippen LogP contribution is -2.03. The molecule has 0 amide bonds. The van der Waals surface area contributed by atoms with Crippen LogP contribution in [-0.4, -0.2) is 16.1 Å². The first-order valence-electron chi connectivity index (χ1n) is 6.94. The highest BCUT2D eigenvalue weighted by Crippen LogP contribution is 2.19. The van der Waals surface area contributed by atoms with Crippen molar-refractivity contribution < 1.29 is 0 Å². The number of hydrogen-bond donors (Lipinski definition) is 1. The summed E-state index contributed by atoms with van der Waals surface area (Å²) >= 11 is 0. The number of pyridine rings is 1. The third-order valence-corrected chi connectivity index (χ3v) is 3.56. The molecule has 0 radical (unpaired) electrons. The Morgan fingerprint density at radius 1 is 1.10 bits per heavy atom. The maximum Gasteiger partial charge on any atom is 0.0491 e. The summed E-state index contributed by atoms with van der Waals surface area (Å²) in [4.78, 5) is 4.26. The Labute approximate surface area is 119 Å². The van der Waals surface area contributed by atoms with Crippen molar-refractivity contribution in [3.63, 3.8) is 0 Å². The molecule has 0 atom stereocenters. The number of benzene rings is 1. The number of nitrogens with two attached hydrogens (primary N) is 1. The van der Waals surface area contributed by atoms with Crippen LogP contribution in [0.15, 0.2) is 48.9 Å². The topological polar surface area (TPSA) is 43.8 Å². The highest BCUT2D eigenvalue weighted by Gasteiger charge is 2.04. The minimum absolute atomic E-state index is 0.689. The van der Waals surface area contributed by atoms with Gasteiger partial charge < -0.3 is 10.3 Å². The summed E-state index contributed by atoms with van der Waals surface area (Å²) in [6.45, 7) is 3.61. The number of aromatic nitrogens is 2. The van der Waals surface area contributed by atoms with Gasteiger partial charge in [-0.05, 0) is 54.1 Å². The first-order chi connectivity index (χ1) is 9.76. The van der Waals surface area contributed by atoms with Gasteiger partial charge in [-0.2, -0.15) is 0 Å². The average Bonchev–Trinajstić information content (AvgIpc) is 2.82. The zero-order chi connectivity index (χ0) is 13.9. The van der Waals surface area contributed by atoms with Crippen LogP contribution < -0.4 is 5.73 Å². The highest BCUT2D eigenvalue weighted by atomic mass is 15.0. The fourth-order valence-electron chi connectivity index (χ4n) is 2.59. The smallest absolute Gasteiger partial charge is 0.0491 e. The lowest BCUT2D eigenvalue weighted by atomic mass is 10.1. The molecule has 3 heteroatoms. The number of nitrogens with zero attached hydrogens (tertiary/aromatic N) is 2. The maximum atomic E-state index is 5.64. The van der Waals surface area contributed by atoms with Gasteiger partial charge in [0.15, 0.2) is 0 Å². The standard InChI is InChI=1S/C17H19N3/c1-13-8-15(11-19-10-13)12-20-7-5-16-3-2-14(4-6-18)9-17(16)20/h2-3,5,7-11H,4,6,12,18H2,1H3. The van der Waals surface area contributed by atoms with E-state index in [1.165, 1.54) is 27.6 Å². The molecule has 0 bridgehead atoms. The third kappa shape index (κ3) is 2.58. The predicted molar refractivity (Wildman–Crippen MR) is 82.8 cm³/mol. The summed E-state index contributed by atoms with van der Waals surface area (Å²) in [6.07, 6.45) is 6.88. The van der Waals surface area contributed by atoms with E-state index >= 15 is 0 Å². The van der Waals surface area contributed by atoms with Crippen LogP contribution in [0.5, 0.6) is 0 Å². The molecule has 0 aliphatic heterocycles. The molecule has 0 aliphatic carbocycles. The molecular weight excluding hydrogens is 246 g/mol. The lowest BCUT2D eigenvalue weighted by molar-refractivity contribution is 0.829. The monoisotopic (exact) mass is 265 g/mol. The number of aryl methyl sites for hydroxylation is 1. The molecule has 2 heterocycles. The van der Waals surface area contributed by atoms with Crippen molar-refractivity contribution in [2.45, 2.75) is 19.9 Å². The molecule has 0 aliphatic rings. The van der Waals surface area contributed by atoms with Crippen LogP contribution >= 0.6 is 0 Å². The summed E-state index contributed by atoms with van der Waals surface area (Å²) < 4.78 is 2.27. The molecule has 2 N–H and O–H groups in total. The van der Waals surface area contributed by atoms with Gasteiger partial charge in [-0.15, -0.1) is 0 Å². The molecule has 3 aromatic rings. The first-order valence-corrected chi connectivity index (χ1v) is 6.94. The van der Waals surface area contributed by atoms with Crippen molar-refractivity contribution in [2.24, 2.45) is 5.73 Å². The van der Waals surface area contributed by atoms with E-state index in [2.05, 4.69) is 53.0 Å². The Hall–Kier alpha value is -2.13. The number of fused-ring (bicyclic) bond motifs is 1. The molecule has 0 saturated carbocycles. The fourth-order valence-corrected chi connectivity index (χ4v) is 2.59. The Morgan fingerprint density at radius 2 is 2.00 bits per heavy atom. The second-order valence-electron chi connectivity index (χ2n) is 5.25. The van der Waals surface area contributed by atoms with Crippen molar-refractivity contribution in [3.05, 3.63) is 65.6 Å². The van der Waals surface area contributed by atoms with Gasteiger partial charge in [0.2, 0.25) is 0 Å². The summed E-state index contributed by atoms with van der Waals surface area (Å²) in [7, 11) is 0. The van der Waals surface area contributed by atoms with Crippen LogP contribution in [0.25, 0.3) is 10.9 Å². The van der Waals surface area contributed by atoms with Crippen molar-refractivity contribution in [2.75, 3.05) is 6.54 Å². The van der Waals surface area contributed by atoms with E-state index in [1.807, 2.05) is 12.4 Å². The Bertz CT molecular complexity index is 728. The van der Waals surface area contributed by atoms with Crippen LogP contribution in [0.2, 0.25) is 0 Å². The Kier molecular flexibility index (Phi) is 3.52. The molecular formula is C17H19N3. The van der Waals surface area contributed by atoms with Crippen molar-refractivity contribution >= 4 is 10.9 Å². The molecule has 1 aromatic carbocycles. The zero-order valence-corrected chi connectivity index (χ0v) is 11.7. The molecule has 3 nitrogen and oxygen atoms in total. The molecule has 20 heavy (non-hydrogen) atoms. The maximum absolute atomic E-state index is 5.64. The molecule has 0 unspecified atom stereocenters. The molecule has 0 spiro atoms. The van der Waals surface area contributed by atoms with E-state index in [9.17, 15) is 0 Å². The van der Waals surface area contributed by atoms with Crippen molar-refractivity contribution in [1.29, 1.82) is 0 Å². The fraction of sp³-hybridized carbons (Fsp3) is 0.235. The van der Waals surface area contributed by atoms with Crippen LogP contribution in [0.1, 0.15) is 16.7 Å². The Balaban J connectivity index is 1.96. The lowest BCUT2D eigenvalue weighted by Gasteiger charge is -2.07. The second-order valence-corrected chi connectivity index (χ2v) is 5.25. The predicted octanol–water partition coefficient (Wildman–Crippen LogP) is 2.89. The number of rotatable bonds is 4. The third-order valence-electron chi connectivity index (χ3n) is 3.56. The van der Waals surface area contributed by atoms with Gasteiger partial charge in [0.25, 0.3) is 0 Å². The largest absolute Gasteiger partial charge is 0.343 e. The summed E-state index contributed by atoms with van der Waals surface area (Å²) in [6, 6.07) is 10.9.